The van der Waals surface area contributed by atoms with Gasteiger partial charge in [0.2, 0.25) is 0 Å². The van der Waals surface area contributed by atoms with Gasteiger partial charge >= 0.3 is 0 Å². The van der Waals surface area contributed by atoms with Crippen LogP contribution in [0.5, 0.6) is 0 Å². The quantitative estimate of drug-likeness (QED) is 0.548. The molecule has 0 aliphatic rings. The Morgan fingerprint density at radius 1 is 0.542 bits per heavy atom. The summed E-state index contributed by atoms with van der Waals surface area (Å²) in [6.45, 7) is 2.03. The average molecular weight is 293 g/mol. The molecule has 5 heteroatoms. The van der Waals surface area contributed by atoms with Gasteiger partial charge in [0.05, 0.1) is 0 Å². The van der Waals surface area contributed by atoms with E-state index in [1.807, 2.05) is 37.3 Å². The van der Waals surface area contributed by atoms with E-state index in [2.05, 4.69) is 18.2 Å². The third kappa shape index (κ3) is 2.67. The minimum absolute atomic E-state index is 0.227. The Morgan fingerprint density at radius 2 is 1.04 bits per heavy atom. The van der Waals surface area contributed by atoms with E-state index in [1.165, 1.54) is 0 Å². The van der Waals surface area contributed by atoms with Gasteiger partial charge in [-0.25, -0.2) is 0 Å². The molecule has 0 N–H and O–H groups in total. The predicted octanol–water partition coefficient (Wildman–Crippen LogP) is -0.702. The van der Waals surface area contributed by atoms with Gasteiger partial charge in [0, 0.05) is 0 Å². The van der Waals surface area contributed by atoms with Gasteiger partial charge in [-0.05, 0) is 34.7 Å². The van der Waals surface area contributed by atoms with Gasteiger partial charge < -0.3 is 0 Å². The summed E-state index contributed by atoms with van der Waals surface area (Å²) >= 11 is 0. The Morgan fingerprint density at radius 3 is 1.62 bits per heavy atom. The molecule has 0 heterocycles. The van der Waals surface area contributed by atoms with Crippen molar-refractivity contribution in [1.82, 2.24) is 0 Å². The SMILES string of the molecule is [B]c1c([B])c([B])c(-c2cccc(-c3ccccc3)c2C)c([B])c1[B]. The fraction of sp³-hybridized carbons (Fsp3) is 0.0526. The lowest BCUT2D eigenvalue weighted by atomic mass is 9.59. The van der Waals surface area contributed by atoms with Crippen molar-refractivity contribution in [1.29, 1.82) is 0 Å². The summed E-state index contributed by atoms with van der Waals surface area (Å²) in [5.74, 6) is 0. The van der Waals surface area contributed by atoms with Crippen molar-refractivity contribution in [2.45, 2.75) is 6.92 Å². The molecular formula is C19H11B5. The van der Waals surface area contributed by atoms with Gasteiger partial charge in [0.1, 0.15) is 39.2 Å². The number of hydrogen-bond acceptors (Lipinski definition) is 0. The second-order valence-electron chi connectivity index (χ2n) is 5.79. The van der Waals surface area contributed by atoms with Crippen molar-refractivity contribution >= 4 is 66.5 Å². The molecule has 102 valence electrons. The smallest absolute Gasteiger partial charge is 0.112 e. The van der Waals surface area contributed by atoms with Crippen LogP contribution in [0.1, 0.15) is 5.56 Å². The molecule has 0 unspecified atom stereocenters. The van der Waals surface area contributed by atoms with E-state index in [0.29, 0.717) is 16.5 Å². The van der Waals surface area contributed by atoms with Crippen LogP contribution in [0.4, 0.5) is 0 Å². The minimum Gasteiger partial charge on any atom is -0.112 e. The Hall–Kier alpha value is -2.02. The lowest BCUT2D eigenvalue weighted by Gasteiger charge is -2.23. The summed E-state index contributed by atoms with van der Waals surface area (Å²) in [7, 11) is 30.3. The van der Waals surface area contributed by atoms with E-state index < -0.39 is 0 Å². The van der Waals surface area contributed by atoms with Gasteiger partial charge in [-0.1, -0.05) is 59.5 Å². The van der Waals surface area contributed by atoms with E-state index in [4.69, 9.17) is 39.2 Å². The molecule has 0 fully saturated rings. The van der Waals surface area contributed by atoms with Gasteiger partial charge in [0.15, 0.2) is 0 Å². The van der Waals surface area contributed by atoms with Crippen molar-refractivity contribution in [2.24, 2.45) is 0 Å². The molecule has 3 aromatic rings. The van der Waals surface area contributed by atoms with Gasteiger partial charge in [-0.3, -0.25) is 0 Å². The molecular weight excluding hydrogens is 282 g/mol. The summed E-state index contributed by atoms with van der Waals surface area (Å²) in [4.78, 5) is 0. The van der Waals surface area contributed by atoms with Crippen molar-refractivity contribution in [3.63, 3.8) is 0 Å². The highest BCUT2D eigenvalue weighted by Gasteiger charge is 2.15. The van der Waals surface area contributed by atoms with E-state index >= 15 is 0 Å². The molecule has 3 rings (SSSR count). The molecule has 0 aliphatic heterocycles. The Kier molecular flexibility index (Phi) is 4.54. The molecule has 0 spiro atoms. The fourth-order valence-corrected chi connectivity index (χ4v) is 2.98. The summed E-state index contributed by atoms with van der Waals surface area (Å²) in [5, 5.41) is 0. The Balaban J connectivity index is 2.30. The van der Waals surface area contributed by atoms with Crippen LogP contribution in [0.2, 0.25) is 0 Å². The van der Waals surface area contributed by atoms with Gasteiger partial charge in [-0.15, -0.1) is 16.4 Å². The van der Waals surface area contributed by atoms with Gasteiger partial charge in [0.25, 0.3) is 0 Å². The van der Waals surface area contributed by atoms with Crippen molar-refractivity contribution in [3.8, 4) is 22.3 Å². The topological polar surface area (TPSA) is 0 Å². The zero-order valence-electron chi connectivity index (χ0n) is 13.5. The monoisotopic (exact) mass is 294 g/mol. The molecule has 0 nitrogen and oxygen atoms in total. The Bertz CT molecular complexity index is 888. The van der Waals surface area contributed by atoms with Crippen molar-refractivity contribution < 1.29 is 0 Å². The summed E-state index contributed by atoms with van der Waals surface area (Å²) in [6.07, 6.45) is 0. The maximum Gasteiger partial charge on any atom is 0.113 e. The molecule has 0 aromatic heterocycles. The third-order valence-electron chi connectivity index (χ3n) is 4.39. The lowest BCUT2D eigenvalue weighted by Crippen LogP contribution is -2.55. The van der Waals surface area contributed by atoms with E-state index in [0.717, 1.165) is 22.3 Å². The van der Waals surface area contributed by atoms with Crippen LogP contribution in [0.3, 0.4) is 0 Å². The number of rotatable bonds is 2. The summed E-state index contributed by atoms with van der Waals surface area (Å²) in [6, 6.07) is 16.1. The standard InChI is InChI=1S/C19H11B5/c1-10-12(11-6-3-2-4-7-11)8-5-9-13(10)14-15(20)17(22)19(24)18(23)16(14)21/h2-9H,1H3. The van der Waals surface area contributed by atoms with Crippen molar-refractivity contribution in [2.75, 3.05) is 0 Å². The molecule has 0 saturated heterocycles. The number of benzene rings is 3. The summed E-state index contributed by atoms with van der Waals surface area (Å²) < 4.78 is 0. The van der Waals surface area contributed by atoms with E-state index in [1.54, 1.807) is 0 Å². The fourth-order valence-electron chi connectivity index (χ4n) is 2.98. The van der Waals surface area contributed by atoms with Crippen LogP contribution in [-0.2, 0) is 0 Å². The highest BCUT2D eigenvalue weighted by atomic mass is 14.2. The molecule has 0 amide bonds. The second kappa shape index (κ2) is 6.47. The average Bonchev–Trinajstić information content (AvgIpc) is 2.60. The van der Waals surface area contributed by atoms with E-state index in [-0.39, 0.29) is 16.4 Å². The van der Waals surface area contributed by atoms with Crippen LogP contribution >= 0.6 is 0 Å². The first-order valence-electron chi connectivity index (χ1n) is 7.60. The van der Waals surface area contributed by atoms with Crippen LogP contribution < -0.4 is 27.3 Å². The first-order chi connectivity index (χ1) is 11.4. The second-order valence-corrected chi connectivity index (χ2v) is 5.79. The van der Waals surface area contributed by atoms with E-state index in [9.17, 15) is 0 Å². The van der Waals surface area contributed by atoms with Gasteiger partial charge in [-0.2, -0.15) is 0 Å². The lowest BCUT2D eigenvalue weighted by molar-refractivity contribution is 1.46. The Labute approximate surface area is 150 Å². The molecule has 0 atom stereocenters. The highest BCUT2D eigenvalue weighted by Crippen LogP contribution is 2.29. The normalized spacial score (nSPS) is 10.7. The zero-order chi connectivity index (χ0) is 17.4. The molecule has 24 heavy (non-hydrogen) atoms. The van der Waals surface area contributed by atoms with Crippen LogP contribution in [0, 0.1) is 6.92 Å². The maximum absolute atomic E-state index is 6.20. The largest absolute Gasteiger partial charge is 0.113 e. The maximum atomic E-state index is 6.20. The molecule has 0 bridgehead atoms. The van der Waals surface area contributed by atoms with Crippen LogP contribution in [0.25, 0.3) is 22.3 Å². The van der Waals surface area contributed by atoms with Crippen molar-refractivity contribution in [3.05, 3.63) is 54.1 Å². The first kappa shape index (κ1) is 16.8. The van der Waals surface area contributed by atoms with Crippen LogP contribution in [-0.4, -0.2) is 39.2 Å². The molecule has 0 aliphatic carbocycles. The zero-order valence-corrected chi connectivity index (χ0v) is 13.5. The minimum atomic E-state index is 0.227. The highest BCUT2D eigenvalue weighted by molar-refractivity contribution is 6.68. The molecule has 3 aromatic carbocycles. The molecule has 0 saturated carbocycles. The predicted molar refractivity (Wildman–Crippen MR) is 109 cm³/mol. The van der Waals surface area contributed by atoms with Crippen LogP contribution in [0.15, 0.2) is 48.5 Å². The first-order valence-corrected chi connectivity index (χ1v) is 7.60. The third-order valence-corrected chi connectivity index (χ3v) is 4.39. The summed E-state index contributed by atoms with van der Waals surface area (Å²) in [5.41, 5.74) is 6.25. The number of hydrogen-bond donors (Lipinski definition) is 0. The molecule has 10 radical (unpaired) electrons.